The molecule has 1 amide bonds. The van der Waals surface area contributed by atoms with Crippen LogP contribution in [0.4, 0.5) is 5.00 Å². The summed E-state index contributed by atoms with van der Waals surface area (Å²) in [5, 5.41) is 5.31. The van der Waals surface area contributed by atoms with Gasteiger partial charge in [-0.25, -0.2) is 4.98 Å². The molecule has 1 N–H and O–H groups in total. The number of aromatic nitrogens is 1. The number of hydrogen-bond donors (Lipinski definition) is 1. The molecule has 0 aliphatic heterocycles. The van der Waals surface area contributed by atoms with Crippen LogP contribution in [-0.4, -0.2) is 10.9 Å². The Bertz CT molecular complexity index is 459. The molecule has 0 unspecified atom stereocenters. The Morgan fingerprint density at radius 1 is 1.16 bits per heavy atom. The highest BCUT2D eigenvalue weighted by Gasteiger charge is 2.27. The Kier molecular flexibility index (Phi) is 3.87. The van der Waals surface area contributed by atoms with Crippen LogP contribution in [0.1, 0.15) is 68.0 Å². The lowest BCUT2D eigenvalue weighted by Crippen LogP contribution is -2.27. The van der Waals surface area contributed by atoms with E-state index < -0.39 is 0 Å². The number of anilines is 1. The summed E-state index contributed by atoms with van der Waals surface area (Å²) in [6, 6.07) is 0. The molecule has 1 heterocycles. The maximum Gasteiger partial charge on any atom is 0.228 e. The van der Waals surface area contributed by atoms with Gasteiger partial charge in [-0.2, -0.15) is 0 Å². The van der Waals surface area contributed by atoms with Crippen molar-refractivity contribution in [1.82, 2.24) is 4.98 Å². The quantitative estimate of drug-likeness (QED) is 0.898. The third-order valence-corrected chi connectivity index (χ3v) is 5.72. The minimum absolute atomic E-state index is 0.202. The predicted molar refractivity (Wildman–Crippen MR) is 78.6 cm³/mol. The molecule has 2 aliphatic rings. The normalized spacial score (nSPS) is 21.1. The molecule has 1 aromatic heterocycles. The predicted octanol–water partition coefficient (Wildman–Crippen LogP) is 4.24. The van der Waals surface area contributed by atoms with Gasteiger partial charge in [0.25, 0.3) is 0 Å². The van der Waals surface area contributed by atoms with Gasteiger partial charge >= 0.3 is 0 Å². The van der Waals surface area contributed by atoms with Crippen LogP contribution >= 0.6 is 11.3 Å². The first-order valence-electron chi connectivity index (χ1n) is 7.52. The highest BCUT2D eigenvalue weighted by molar-refractivity contribution is 7.16. The van der Waals surface area contributed by atoms with Gasteiger partial charge in [0, 0.05) is 11.8 Å². The molecule has 1 aromatic rings. The monoisotopic (exact) mass is 278 g/mol. The van der Waals surface area contributed by atoms with Crippen molar-refractivity contribution < 1.29 is 4.79 Å². The zero-order valence-corrected chi connectivity index (χ0v) is 12.4. The second kappa shape index (κ2) is 5.61. The topological polar surface area (TPSA) is 42.0 Å². The number of nitrogens with one attached hydrogen (secondary N) is 1. The van der Waals surface area contributed by atoms with Gasteiger partial charge in [0.15, 0.2) is 0 Å². The summed E-state index contributed by atoms with van der Waals surface area (Å²) in [5.74, 6) is 1.08. The van der Waals surface area contributed by atoms with Crippen LogP contribution in [0.5, 0.6) is 0 Å². The first-order valence-corrected chi connectivity index (χ1v) is 8.34. The van der Waals surface area contributed by atoms with Crippen LogP contribution in [0.25, 0.3) is 0 Å². The Balaban J connectivity index is 1.67. The van der Waals surface area contributed by atoms with E-state index in [1.165, 1.54) is 43.5 Å². The van der Waals surface area contributed by atoms with Crippen molar-refractivity contribution in [3.63, 3.8) is 0 Å². The fraction of sp³-hybridized carbons (Fsp3) is 0.733. The van der Waals surface area contributed by atoms with E-state index in [4.69, 9.17) is 4.98 Å². The molecule has 2 aliphatic carbocycles. The molecule has 0 aromatic carbocycles. The summed E-state index contributed by atoms with van der Waals surface area (Å²) in [6.07, 6.45) is 9.86. The molecular weight excluding hydrogens is 256 g/mol. The van der Waals surface area contributed by atoms with Gasteiger partial charge in [-0.3, -0.25) is 4.79 Å². The molecule has 3 rings (SSSR count). The van der Waals surface area contributed by atoms with Crippen LogP contribution in [0.3, 0.4) is 0 Å². The molecule has 0 radical (unpaired) electrons. The first kappa shape index (κ1) is 13.1. The zero-order chi connectivity index (χ0) is 13.2. The van der Waals surface area contributed by atoms with E-state index in [0.29, 0.717) is 5.92 Å². The number of carbonyl (C=O) groups is 1. The Hall–Kier alpha value is -0.900. The number of amides is 1. The van der Waals surface area contributed by atoms with E-state index in [2.05, 4.69) is 5.32 Å². The lowest BCUT2D eigenvalue weighted by molar-refractivity contribution is -0.122. The molecule has 0 spiro atoms. The highest BCUT2D eigenvalue weighted by Crippen LogP contribution is 2.38. The highest BCUT2D eigenvalue weighted by atomic mass is 32.1. The summed E-state index contributed by atoms with van der Waals surface area (Å²) in [7, 11) is 0. The molecule has 2 fully saturated rings. The van der Waals surface area contributed by atoms with Crippen molar-refractivity contribution >= 4 is 22.2 Å². The molecule has 4 heteroatoms. The third kappa shape index (κ3) is 2.83. The molecule has 0 saturated heterocycles. The van der Waals surface area contributed by atoms with Gasteiger partial charge in [0.05, 0.1) is 10.7 Å². The van der Waals surface area contributed by atoms with Crippen LogP contribution in [-0.2, 0) is 4.79 Å². The van der Waals surface area contributed by atoms with Crippen molar-refractivity contribution in [3.8, 4) is 0 Å². The van der Waals surface area contributed by atoms with Gasteiger partial charge < -0.3 is 5.32 Å². The lowest BCUT2D eigenvalue weighted by Gasteiger charge is -2.23. The Morgan fingerprint density at radius 3 is 2.53 bits per heavy atom. The summed E-state index contributed by atoms with van der Waals surface area (Å²) < 4.78 is 0. The molecular formula is C15H22N2OS. The van der Waals surface area contributed by atoms with Crippen molar-refractivity contribution in [2.24, 2.45) is 5.92 Å². The number of rotatable bonds is 3. The average molecular weight is 278 g/mol. The number of nitrogens with zero attached hydrogens (tertiary/aromatic N) is 1. The number of aryl methyl sites for hydroxylation is 1. The molecule has 0 atom stereocenters. The van der Waals surface area contributed by atoms with E-state index in [0.717, 1.165) is 23.5 Å². The van der Waals surface area contributed by atoms with Crippen molar-refractivity contribution in [3.05, 3.63) is 10.7 Å². The van der Waals surface area contributed by atoms with E-state index in [9.17, 15) is 4.79 Å². The summed E-state index contributed by atoms with van der Waals surface area (Å²) in [6.45, 7) is 2.01. The van der Waals surface area contributed by atoms with Crippen molar-refractivity contribution in [2.75, 3.05) is 5.32 Å². The van der Waals surface area contributed by atoms with Gasteiger partial charge in [-0.1, -0.05) is 25.7 Å². The largest absolute Gasteiger partial charge is 0.316 e. The second-order valence-corrected chi connectivity index (χ2v) is 6.95. The van der Waals surface area contributed by atoms with E-state index in [1.54, 1.807) is 11.3 Å². The molecule has 104 valence electrons. The maximum absolute atomic E-state index is 12.0. The molecule has 0 bridgehead atoms. The first-order chi connectivity index (χ1) is 9.24. The third-order valence-electron chi connectivity index (χ3n) is 4.48. The van der Waals surface area contributed by atoms with Crippen LogP contribution in [0.2, 0.25) is 0 Å². The van der Waals surface area contributed by atoms with Crippen LogP contribution in [0, 0.1) is 12.8 Å². The van der Waals surface area contributed by atoms with Gasteiger partial charge in [-0.05, 0) is 32.6 Å². The average Bonchev–Trinajstić information content (AvgIpc) is 2.70. The van der Waals surface area contributed by atoms with Crippen molar-refractivity contribution in [2.45, 2.75) is 64.2 Å². The minimum atomic E-state index is 0.202. The van der Waals surface area contributed by atoms with Gasteiger partial charge in [0.1, 0.15) is 5.00 Å². The summed E-state index contributed by atoms with van der Waals surface area (Å²) in [4.78, 5) is 16.7. The van der Waals surface area contributed by atoms with Gasteiger partial charge in [0.2, 0.25) is 5.91 Å². The standard InChI is InChI=1S/C15H22N2OS/c1-10-14(17-13(18)11-8-5-9-11)19-15(16-10)12-6-3-2-4-7-12/h11-12H,2-9H2,1H3,(H,17,18). The Morgan fingerprint density at radius 2 is 1.89 bits per heavy atom. The molecule has 2 saturated carbocycles. The Labute approximate surface area is 118 Å². The van der Waals surface area contributed by atoms with E-state index >= 15 is 0 Å². The number of hydrogen-bond acceptors (Lipinski definition) is 3. The van der Waals surface area contributed by atoms with E-state index in [-0.39, 0.29) is 11.8 Å². The minimum Gasteiger partial charge on any atom is -0.316 e. The maximum atomic E-state index is 12.0. The van der Waals surface area contributed by atoms with Crippen molar-refractivity contribution in [1.29, 1.82) is 0 Å². The summed E-state index contributed by atoms with van der Waals surface area (Å²) in [5.41, 5.74) is 0.998. The van der Waals surface area contributed by atoms with Crippen LogP contribution < -0.4 is 5.32 Å². The molecule has 3 nitrogen and oxygen atoms in total. The van der Waals surface area contributed by atoms with E-state index in [1.807, 2.05) is 6.92 Å². The number of thiazole rings is 1. The van der Waals surface area contributed by atoms with Gasteiger partial charge in [-0.15, -0.1) is 11.3 Å². The SMILES string of the molecule is Cc1nc(C2CCCCC2)sc1NC(=O)C1CCC1. The summed E-state index contributed by atoms with van der Waals surface area (Å²) >= 11 is 1.70. The number of carbonyl (C=O) groups excluding carboxylic acids is 1. The zero-order valence-electron chi connectivity index (χ0n) is 11.6. The lowest BCUT2D eigenvalue weighted by atomic mass is 9.85. The fourth-order valence-electron chi connectivity index (χ4n) is 2.94. The second-order valence-electron chi connectivity index (χ2n) is 5.92. The van der Waals surface area contributed by atoms with Crippen LogP contribution in [0.15, 0.2) is 0 Å². The smallest absolute Gasteiger partial charge is 0.228 e. The molecule has 19 heavy (non-hydrogen) atoms. The fourth-order valence-corrected chi connectivity index (χ4v) is 4.08.